The second-order valence-electron chi connectivity index (χ2n) is 8.38. The highest BCUT2D eigenvalue weighted by molar-refractivity contribution is 8.01. The van der Waals surface area contributed by atoms with Crippen molar-refractivity contribution in [3.63, 3.8) is 0 Å². The van der Waals surface area contributed by atoms with Crippen molar-refractivity contribution in [2.45, 2.75) is 32.1 Å². The molecule has 8 rings (SSSR count). The standard InChI is InChI=1S/C26H16S4/c1-3-7-19-13(5-1)15-9-23-17(11-21(15)27-19)25-26(29-23)18-12-22-16(10-24(18)30-25)14-6-2-4-8-20(14)28-22/h1-12,15-16,21-22H. The van der Waals surface area contributed by atoms with Crippen LogP contribution in [0.1, 0.15) is 23.0 Å². The van der Waals surface area contributed by atoms with Gasteiger partial charge in [0, 0.05) is 51.6 Å². The third-order valence-corrected chi connectivity index (χ3v) is 12.0. The Balaban J connectivity index is 1.35. The number of fused-ring (bicyclic) bond motifs is 11. The second kappa shape index (κ2) is 5.95. The maximum atomic E-state index is 2.57. The van der Waals surface area contributed by atoms with E-state index in [2.05, 4.69) is 72.8 Å². The smallest absolute Gasteiger partial charge is 0.0538 e. The highest BCUT2D eigenvalue weighted by atomic mass is 32.2. The first-order valence-corrected chi connectivity index (χ1v) is 13.7. The molecule has 0 fully saturated rings. The van der Waals surface area contributed by atoms with Crippen molar-refractivity contribution in [3.8, 4) is 0 Å². The first kappa shape index (κ1) is 16.9. The monoisotopic (exact) mass is 456 g/mol. The third kappa shape index (κ3) is 2.16. The van der Waals surface area contributed by atoms with Crippen LogP contribution in [0.2, 0.25) is 0 Å². The Kier molecular flexibility index (Phi) is 3.35. The van der Waals surface area contributed by atoms with Crippen molar-refractivity contribution < 1.29 is 0 Å². The third-order valence-electron chi connectivity index (χ3n) is 6.76. The fourth-order valence-electron chi connectivity index (χ4n) is 5.38. The summed E-state index contributed by atoms with van der Waals surface area (Å²) >= 11 is 8.11. The molecule has 4 unspecified atom stereocenters. The molecule has 30 heavy (non-hydrogen) atoms. The fraction of sp³-hybridized carbons (Fsp3) is 0.154. The normalized spacial score (nSPS) is 26.8. The van der Waals surface area contributed by atoms with Gasteiger partial charge >= 0.3 is 0 Å². The minimum absolute atomic E-state index is 0.530. The summed E-state index contributed by atoms with van der Waals surface area (Å²) in [6.07, 6.45) is 10.2. The largest absolute Gasteiger partial charge is 0.134 e. The summed E-state index contributed by atoms with van der Waals surface area (Å²) < 4.78 is 5.99. The van der Waals surface area contributed by atoms with E-state index in [9.17, 15) is 0 Å². The zero-order valence-corrected chi connectivity index (χ0v) is 19.1. The molecule has 0 saturated heterocycles. The Morgan fingerprint density at radius 2 is 1.00 bits per heavy atom. The van der Waals surface area contributed by atoms with Crippen LogP contribution >= 0.6 is 46.2 Å². The van der Waals surface area contributed by atoms with E-state index in [0.717, 1.165) is 0 Å². The minimum Gasteiger partial charge on any atom is -0.134 e. The zero-order valence-electron chi connectivity index (χ0n) is 15.9. The summed E-state index contributed by atoms with van der Waals surface area (Å²) in [6, 6.07) is 17.9. The molecule has 144 valence electrons. The lowest BCUT2D eigenvalue weighted by atomic mass is 9.92. The van der Waals surface area contributed by atoms with Crippen LogP contribution in [0.15, 0.2) is 58.3 Å². The van der Waals surface area contributed by atoms with Crippen molar-refractivity contribution in [2.75, 3.05) is 0 Å². The van der Waals surface area contributed by atoms with Crippen LogP contribution in [-0.2, 0) is 0 Å². The molecule has 2 aromatic carbocycles. The lowest BCUT2D eigenvalue weighted by molar-refractivity contribution is 0.951. The number of thiophene rings is 2. The number of hydrogen-bond donors (Lipinski definition) is 0. The number of hydrogen-bond acceptors (Lipinski definition) is 4. The van der Waals surface area contributed by atoms with Crippen LogP contribution < -0.4 is 19.5 Å². The van der Waals surface area contributed by atoms with E-state index in [1.807, 2.05) is 46.2 Å². The van der Waals surface area contributed by atoms with Crippen LogP contribution in [-0.4, -0.2) is 10.5 Å². The topological polar surface area (TPSA) is 0 Å². The molecule has 2 aliphatic heterocycles. The van der Waals surface area contributed by atoms with Crippen LogP contribution in [0.25, 0.3) is 33.7 Å². The highest BCUT2D eigenvalue weighted by Crippen LogP contribution is 2.49. The van der Waals surface area contributed by atoms with E-state index >= 15 is 0 Å². The molecule has 0 N–H and O–H groups in total. The van der Waals surface area contributed by atoms with Gasteiger partial charge in [-0.2, -0.15) is 0 Å². The molecule has 0 spiro atoms. The molecule has 0 radical (unpaired) electrons. The Morgan fingerprint density at radius 1 is 0.533 bits per heavy atom. The summed E-state index contributed by atoms with van der Waals surface area (Å²) in [5.74, 6) is 1.06. The molecular weight excluding hydrogens is 441 g/mol. The van der Waals surface area contributed by atoms with E-state index in [1.165, 1.54) is 49.8 Å². The van der Waals surface area contributed by atoms with Crippen molar-refractivity contribution in [1.29, 1.82) is 0 Å². The van der Waals surface area contributed by atoms with E-state index in [0.29, 0.717) is 22.3 Å². The van der Waals surface area contributed by atoms with Gasteiger partial charge in [0.2, 0.25) is 0 Å². The summed E-state index contributed by atoms with van der Waals surface area (Å²) in [6.45, 7) is 0. The summed E-state index contributed by atoms with van der Waals surface area (Å²) in [5.41, 5.74) is 3.02. The van der Waals surface area contributed by atoms with Gasteiger partial charge < -0.3 is 0 Å². The van der Waals surface area contributed by atoms with Crippen LogP contribution in [0, 0.1) is 0 Å². The number of thioether (sulfide) groups is 2. The lowest BCUT2D eigenvalue weighted by Gasteiger charge is -2.15. The second-order valence-corrected chi connectivity index (χ2v) is 12.9. The van der Waals surface area contributed by atoms with Gasteiger partial charge in [-0.25, -0.2) is 0 Å². The molecule has 4 aromatic rings. The summed E-state index contributed by atoms with van der Waals surface area (Å²) in [5, 5.41) is 4.08. The Labute approximate surface area is 190 Å². The first-order valence-electron chi connectivity index (χ1n) is 10.3. The minimum atomic E-state index is 0.530. The molecule has 0 nitrogen and oxygen atoms in total. The predicted molar refractivity (Wildman–Crippen MR) is 134 cm³/mol. The fourth-order valence-corrected chi connectivity index (χ4v) is 10.9. The molecule has 0 saturated carbocycles. The van der Waals surface area contributed by atoms with Gasteiger partial charge in [0.1, 0.15) is 0 Å². The van der Waals surface area contributed by atoms with E-state index in [1.54, 1.807) is 0 Å². The van der Waals surface area contributed by atoms with Gasteiger partial charge in [-0.05, 0) is 23.3 Å². The van der Waals surface area contributed by atoms with Crippen molar-refractivity contribution in [1.82, 2.24) is 0 Å². The predicted octanol–water partition coefficient (Wildman–Crippen LogP) is 4.63. The van der Waals surface area contributed by atoms with E-state index in [4.69, 9.17) is 0 Å². The zero-order chi connectivity index (χ0) is 19.4. The molecule has 2 aromatic heterocycles. The van der Waals surface area contributed by atoms with Crippen LogP contribution in [0.3, 0.4) is 0 Å². The SMILES string of the molecule is C1=c2sc3c4c(sc3c2=CC2Sc3ccccc3C12)=CC1c2ccccc2SC1C=4. The van der Waals surface area contributed by atoms with Crippen molar-refractivity contribution in [2.24, 2.45) is 0 Å². The molecule has 4 aliphatic rings. The van der Waals surface area contributed by atoms with Gasteiger partial charge in [0.15, 0.2) is 0 Å². The van der Waals surface area contributed by atoms with Crippen molar-refractivity contribution >= 4 is 79.9 Å². The van der Waals surface area contributed by atoms with Crippen molar-refractivity contribution in [3.05, 3.63) is 79.2 Å². The first-order chi connectivity index (χ1) is 14.8. The van der Waals surface area contributed by atoms with Crippen LogP contribution in [0.4, 0.5) is 0 Å². The molecule has 0 bridgehead atoms. The average molecular weight is 457 g/mol. The molecule has 2 aliphatic carbocycles. The highest BCUT2D eigenvalue weighted by Gasteiger charge is 2.34. The van der Waals surface area contributed by atoms with Gasteiger partial charge in [-0.3, -0.25) is 0 Å². The molecule has 4 heterocycles. The Morgan fingerprint density at radius 3 is 1.50 bits per heavy atom. The summed E-state index contributed by atoms with van der Waals surface area (Å²) in [4.78, 5) is 2.92. The molecule has 4 heteroatoms. The van der Waals surface area contributed by atoms with E-state index in [-0.39, 0.29) is 0 Å². The van der Waals surface area contributed by atoms with Gasteiger partial charge in [0.25, 0.3) is 0 Å². The quantitative estimate of drug-likeness (QED) is 0.378. The maximum Gasteiger partial charge on any atom is 0.0538 e. The lowest BCUT2D eigenvalue weighted by Crippen LogP contribution is -2.29. The summed E-state index contributed by atoms with van der Waals surface area (Å²) in [7, 11) is 0. The number of rotatable bonds is 0. The molecule has 4 atom stereocenters. The molecule has 0 amide bonds. The maximum absolute atomic E-state index is 2.57. The van der Waals surface area contributed by atoms with E-state index < -0.39 is 0 Å². The average Bonchev–Trinajstić information content (AvgIpc) is 3.49. The Hall–Kier alpha value is -1.72. The molecular formula is C26H16S4. The van der Waals surface area contributed by atoms with Crippen LogP contribution in [0.5, 0.6) is 0 Å². The number of benzene rings is 2. The van der Waals surface area contributed by atoms with Gasteiger partial charge in [-0.1, -0.05) is 60.7 Å². The van der Waals surface area contributed by atoms with Gasteiger partial charge in [0.05, 0.1) is 9.40 Å². The van der Waals surface area contributed by atoms with Gasteiger partial charge in [-0.15, -0.1) is 46.2 Å². The Bertz CT molecular complexity index is 1510.